The summed E-state index contributed by atoms with van der Waals surface area (Å²) in [6.07, 6.45) is 5.58. The van der Waals surface area contributed by atoms with Crippen LogP contribution in [0.1, 0.15) is 25.0 Å². The fraction of sp³-hybridized carbons (Fsp3) is 0.417. The average molecular weight is 407 g/mol. The second-order valence-electron chi connectivity index (χ2n) is 8.51. The zero-order chi connectivity index (χ0) is 20.9. The summed E-state index contributed by atoms with van der Waals surface area (Å²) in [4.78, 5) is 24.6. The first kappa shape index (κ1) is 20.6. The molecule has 30 heavy (non-hydrogen) atoms. The Balaban J connectivity index is 1.50. The fourth-order valence-electron chi connectivity index (χ4n) is 4.09. The second kappa shape index (κ2) is 9.41. The highest BCUT2D eigenvalue weighted by molar-refractivity contribution is 5.83. The third-order valence-electron chi connectivity index (χ3n) is 5.49. The standard InChI is InChI=1S/C24H30N4O2/c1-18(2)12-28-15-21(30-17-19-7-9-25-10-8-19)14-27(16-24(28)29)13-20-11-26-23-6-4-3-5-22(20)23/h3-11,18,21,26H,12-17H2,1-2H3/t21-/m1/s1. The van der Waals surface area contributed by atoms with E-state index in [4.69, 9.17) is 4.74 Å². The van der Waals surface area contributed by atoms with Crippen molar-refractivity contribution >= 4 is 16.8 Å². The van der Waals surface area contributed by atoms with E-state index in [0.717, 1.165) is 30.7 Å². The molecular formula is C24H30N4O2. The molecule has 1 fully saturated rings. The summed E-state index contributed by atoms with van der Waals surface area (Å²) in [5.41, 5.74) is 3.43. The molecule has 1 amide bonds. The number of hydrogen-bond donors (Lipinski definition) is 1. The summed E-state index contributed by atoms with van der Waals surface area (Å²) in [7, 11) is 0. The number of ether oxygens (including phenoxy) is 1. The van der Waals surface area contributed by atoms with Crippen molar-refractivity contribution < 1.29 is 9.53 Å². The summed E-state index contributed by atoms with van der Waals surface area (Å²) in [6.45, 7) is 8.08. The third kappa shape index (κ3) is 5.07. The topological polar surface area (TPSA) is 61.5 Å². The predicted octanol–water partition coefficient (Wildman–Crippen LogP) is 3.45. The molecule has 1 saturated heterocycles. The van der Waals surface area contributed by atoms with Gasteiger partial charge in [-0.15, -0.1) is 0 Å². The number of carbonyl (C=O) groups excluding carboxylic acids is 1. The van der Waals surface area contributed by atoms with Gasteiger partial charge in [-0.1, -0.05) is 32.0 Å². The van der Waals surface area contributed by atoms with E-state index in [2.05, 4.69) is 53.1 Å². The largest absolute Gasteiger partial charge is 0.370 e. The van der Waals surface area contributed by atoms with Gasteiger partial charge in [0, 0.05) is 55.7 Å². The Hall–Kier alpha value is -2.70. The molecule has 0 bridgehead atoms. The number of fused-ring (bicyclic) bond motifs is 1. The van der Waals surface area contributed by atoms with Crippen LogP contribution < -0.4 is 0 Å². The normalized spacial score (nSPS) is 18.3. The van der Waals surface area contributed by atoms with Crippen molar-refractivity contribution in [2.45, 2.75) is 33.1 Å². The molecule has 1 N–H and O–H groups in total. The Morgan fingerprint density at radius 1 is 1.17 bits per heavy atom. The predicted molar refractivity (Wildman–Crippen MR) is 118 cm³/mol. The molecule has 158 valence electrons. The van der Waals surface area contributed by atoms with E-state index in [-0.39, 0.29) is 12.0 Å². The van der Waals surface area contributed by atoms with E-state index in [1.165, 1.54) is 10.9 Å². The summed E-state index contributed by atoms with van der Waals surface area (Å²) >= 11 is 0. The first-order valence-electron chi connectivity index (χ1n) is 10.6. The van der Waals surface area contributed by atoms with E-state index in [9.17, 15) is 4.79 Å². The van der Waals surface area contributed by atoms with Gasteiger partial charge in [-0.3, -0.25) is 14.7 Å². The molecule has 0 radical (unpaired) electrons. The number of rotatable bonds is 7. The summed E-state index contributed by atoms with van der Waals surface area (Å²) < 4.78 is 6.27. The van der Waals surface area contributed by atoms with Crippen LogP contribution in [0.2, 0.25) is 0 Å². The van der Waals surface area contributed by atoms with Crippen molar-refractivity contribution in [2.75, 3.05) is 26.2 Å². The molecule has 3 heterocycles. The quantitative estimate of drug-likeness (QED) is 0.653. The van der Waals surface area contributed by atoms with Crippen LogP contribution in [0.25, 0.3) is 10.9 Å². The van der Waals surface area contributed by atoms with E-state index in [1.807, 2.05) is 23.1 Å². The number of nitrogens with one attached hydrogen (secondary N) is 1. The molecule has 6 nitrogen and oxygen atoms in total. The zero-order valence-electron chi connectivity index (χ0n) is 17.8. The van der Waals surface area contributed by atoms with Crippen LogP contribution in [0.4, 0.5) is 0 Å². The molecule has 3 aromatic rings. The molecule has 0 saturated carbocycles. The number of aromatic amines is 1. The van der Waals surface area contributed by atoms with Crippen molar-refractivity contribution in [2.24, 2.45) is 5.92 Å². The smallest absolute Gasteiger partial charge is 0.236 e. The highest BCUT2D eigenvalue weighted by Crippen LogP contribution is 2.21. The Bertz CT molecular complexity index is 970. The Morgan fingerprint density at radius 2 is 1.97 bits per heavy atom. The summed E-state index contributed by atoms with van der Waals surface area (Å²) in [5.74, 6) is 0.605. The van der Waals surface area contributed by atoms with Gasteiger partial charge in [0.2, 0.25) is 5.91 Å². The first-order valence-corrected chi connectivity index (χ1v) is 10.6. The number of hydrogen-bond acceptors (Lipinski definition) is 4. The lowest BCUT2D eigenvalue weighted by molar-refractivity contribution is -0.132. The molecule has 0 spiro atoms. The summed E-state index contributed by atoms with van der Waals surface area (Å²) in [6, 6.07) is 12.2. The number of benzene rings is 1. The molecule has 1 atom stereocenters. The van der Waals surface area contributed by atoms with Crippen LogP contribution in [0.15, 0.2) is 55.0 Å². The number of nitrogens with zero attached hydrogens (tertiary/aromatic N) is 3. The van der Waals surface area contributed by atoms with E-state index in [1.54, 1.807) is 12.4 Å². The molecule has 0 unspecified atom stereocenters. The van der Waals surface area contributed by atoms with Gasteiger partial charge in [0.05, 0.1) is 19.3 Å². The van der Waals surface area contributed by atoms with Gasteiger partial charge in [0.1, 0.15) is 0 Å². The van der Waals surface area contributed by atoms with Crippen molar-refractivity contribution in [1.82, 2.24) is 19.8 Å². The van der Waals surface area contributed by atoms with Gasteiger partial charge < -0.3 is 14.6 Å². The second-order valence-corrected chi connectivity index (χ2v) is 8.51. The molecule has 0 aliphatic carbocycles. The number of carbonyl (C=O) groups is 1. The lowest BCUT2D eigenvalue weighted by atomic mass is 10.1. The van der Waals surface area contributed by atoms with Gasteiger partial charge in [-0.05, 0) is 35.2 Å². The molecular weight excluding hydrogens is 376 g/mol. The number of pyridine rings is 1. The molecule has 1 aliphatic rings. The highest BCUT2D eigenvalue weighted by atomic mass is 16.5. The molecule has 4 rings (SSSR count). The maximum Gasteiger partial charge on any atom is 0.236 e. The summed E-state index contributed by atoms with van der Waals surface area (Å²) in [5, 5.41) is 1.21. The van der Waals surface area contributed by atoms with Gasteiger partial charge in [-0.25, -0.2) is 0 Å². The maximum atomic E-state index is 13.0. The molecule has 2 aromatic heterocycles. The Labute approximate surface area is 177 Å². The van der Waals surface area contributed by atoms with Gasteiger partial charge in [0.25, 0.3) is 0 Å². The van der Waals surface area contributed by atoms with Crippen molar-refractivity contribution in [1.29, 1.82) is 0 Å². The lowest BCUT2D eigenvalue weighted by Gasteiger charge is -2.26. The van der Waals surface area contributed by atoms with Crippen molar-refractivity contribution in [3.05, 3.63) is 66.1 Å². The van der Waals surface area contributed by atoms with Gasteiger partial charge in [0.15, 0.2) is 0 Å². The lowest BCUT2D eigenvalue weighted by Crippen LogP contribution is -2.40. The van der Waals surface area contributed by atoms with Crippen LogP contribution in [0.5, 0.6) is 0 Å². The monoisotopic (exact) mass is 406 g/mol. The highest BCUT2D eigenvalue weighted by Gasteiger charge is 2.29. The molecule has 1 aliphatic heterocycles. The molecule has 1 aromatic carbocycles. The van der Waals surface area contributed by atoms with Gasteiger partial charge in [-0.2, -0.15) is 0 Å². The van der Waals surface area contributed by atoms with Crippen LogP contribution >= 0.6 is 0 Å². The van der Waals surface area contributed by atoms with Crippen LogP contribution in [0.3, 0.4) is 0 Å². The van der Waals surface area contributed by atoms with Crippen LogP contribution in [0, 0.1) is 5.92 Å². The Kier molecular flexibility index (Phi) is 6.45. The maximum absolute atomic E-state index is 13.0. The van der Waals surface area contributed by atoms with Crippen molar-refractivity contribution in [3.8, 4) is 0 Å². The number of H-pyrrole nitrogens is 1. The molecule has 6 heteroatoms. The third-order valence-corrected chi connectivity index (χ3v) is 5.49. The Morgan fingerprint density at radius 3 is 2.77 bits per heavy atom. The minimum atomic E-state index is -0.0337. The SMILES string of the molecule is CC(C)CN1C[C@H](OCc2ccncc2)CN(Cc2c[nH]c3ccccc23)CC1=O. The van der Waals surface area contributed by atoms with E-state index < -0.39 is 0 Å². The number of aromatic nitrogens is 2. The van der Waals surface area contributed by atoms with Crippen LogP contribution in [-0.2, 0) is 22.7 Å². The van der Waals surface area contributed by atoms with E-state index in [0.29, 0.717) is 25.6 Å². The first-order chi connectivity index (χ1) is 14.6. The van der Waals surface area contributed by atoms with E-state index >= 15 is 0 Å². The van der Waals surface area contributed by atoms with Crippen LogP contribution in [-0.4, -0.2) is 58.0 Å². The van der Waals surface area contributed by atoms with Crippen molar-refractivity contribution in [3.63, 3.8) is 0 Å². The number of para-hydroxylation sites is 1. The fourth-order valence-corrected chi connectivity index (χ4v) is 4.09. The minimum Gasteiger partial charge on any atom is -0.370 e. The average Bonchev–Trinajstić information content (AvgIpc) is 3.08. The van der Waals surface area contributed by atoms with Gasteiger partial charge >= 0.3 is 0 Å². The zero-order valence-corrected chi connectivity index (χ0v) is 17.8. The minimum absolute atomic E-state index is 0.0337. The number of amides is 1.